The molecule has 148 valence electrons. The molecule has 2 aromatic rings. The Bertz CT molecular complexity index is 836. The fourth-order valence-electron chi connectivity index (χ4n) is 2.51. The van der Waals surface area contributed by atoms with E-state index in [-0.39, 0.29) is 36.6 Å². The summed E-state index contributed by atoms with van der Waals surface area (Å²) in [6.45, 7) is 0.177. The highest BCUT2D eigenvalue weighted by atomic mass is 19.1. The van der Waals surface area contributed by atoms with Gasteiger partial charge in [-0.2, -0.15) is 0 Å². The van der Waals surface area contributed by atoms with Crippen LogP contribution in [0.3, 0.4) is 0 Å². The molecule has 3 N–H and O–H groups in total. The zero-order chi connectivity index (χ0) is 20.7. The van der Waals surface area contributed by atoms with E-state index in [1.54, 1.807) is 45.4 Å². The predicted octanol–water partition coefficient (Wildman–Crippen LogP) is 0.619. The lowest BCUT2D eigenvalue weighted by molar-refractivity contribution is -0.862. The molecule has 1 unspecified atom stereocenters. The van der Waals surface area contributed by atoms with E-state index in [0.717, 1.165) is 0 Å². The van der Waals surface area contributed by atoms with Gasteiger partial charge in [-0.3, -0.25) is 14.4 Å². The van der Waals surface area contributed by atoms with Crippen LogP contribution in [0.4, 0.5) is 15.8 Å². The Hall–Kier alpha value is -3.26. The van der Waals surface area contributed by atoms with Crippen LogP contribution in [0.2, 0.25) is 0 Å². The van der Waals surface area contributed by atoms with E-state index < -0.39 is 0 Å². The first-order chi connectivity index (χ1) is 13.2. The van der Waals surface area contributed by atoms with Crippen LogP contribution < -0.4 is 15.5 Å². The van der Waals surface area contributed by atoms with Gasteiger partial charge in [-0.05, 0) is 48.5 Å². The Morgan fingerprint density at radius 2 is 1.29 bits per heavy atom. The van der Waals surface area contributed by atoms with Gasteiger partial charge in [0.25, 0.3) is 17.7 Å². The number of hydrogen-bond donors (Lipinski definition) is 3. The van der Waals surface area contributed by atoms with Gasteiger partial charge in [-0.1, -0.05) is 0 Å². The molecular formula is C20H24FN4O3+. The maximum Gasteiger partial charge on any atom is 0.279 e. The second kappa shape index (κ2) is 9.61. The van der Waals surface area contributed by atoms with Gasteiger partial charge in [0.2, 0.25) is 0 Å². The van der Waals surface area contributed by atoms with Gasteiger partial charge in [-0.15, -0.1) is 0 Å². The quantitative estimate of drug-likeness (QED) is 0.651. The van der Waals surface area contributed by atoms with Crippen molar-refractivity contribution in [2.24, 2.45) is 0 Å². The molecule has 1 atom stereocenters. The maximum atomic E-state index is 12.9. The minimum Gasteiger partial charge on any atom is -0.345 e. The zero-order valence-corrected chi connectivity index (χ0v) is 16.1. The minimum atomic E-state index is -0.378. The minimum absolute atomic E-state index is 0.0844. The molecule has 0 radical (unpaired) electrons. The molecule has 0 fully saturated rings. The number of halogens is 1. The lowest BCUT2D eigenvalue weighted by atomic mass is 10.2. The molecule has 3 amide bonds. The molecule has 8 heteroatoms. The monoisotopic (exact) mass is 387 g/mol. The number of likely N-dealkylation sites (N-methyl/N-ethyl adjacent to an activating group) is 1. The molecule has 28 heavy (non-hydrogen) atoms. The highest BCUT2D eigenvalue weighted by molar-refractivity contribution is 5.96. The first-order valence-electron chi connectivity index (χ1n) is 8.73. The number of amides is 3. The number of benzene rings is 2. The van der Waals surface area contributed by atoms with Crippen molar-refractivity contribution in [3.63, 3.8) is 0 Å². The fraction of sp³-hybridized carbons (Fsp3) is 0.250. The molecule has 0 aromatic heterocycles. The van der Waals surface area contributed by atoms with Crippen molar-refractivity contribution in [2.75, 3.05) is 44.9 Å². The molecule has 2 rings (SSSR count). The van der Waals surface area contributed by atoms with E-state index in [4.69, 9.17) is 0 Å². The highest BCUT2D eigenvalue weighted by Gasteiger charge is 2.15. The Morgan fingerprint density at radius 3 is 1.71 bits per heavy atom. The largest absolute Gasteiger partial charge is 0.345 e. The number of carbonyl (C=O) groups is 3. The smallest absolute Gasteiger partial charge is 0.279 e. The summed E-state index contributed by atoms with van der Waals surface area (Å²) in [6.07, 6.45) is 0. The second-order valence-corrected chi connectivity index (χ2v) is 6.69. The number of rotatable bonds is 7. The standard InChI is InChI=1S/C20H23FN4O3/c1-24(2)20(28)14-4-8-16(9-5-14)22-18(26)12-25(3)13-19(27)23-17-10-6-15(21)7-11-17/h4-11H,12-13H2,1-3H3,(H,22,26)(H,23,27)/p+1. The van der Waals surface area contributed by atoms with E-state index in [1.807, 2.05) is 0 Å². The summed E-state index contributed by atoms with van der Waals surface area (Å²) in [4.78, 5) is 38.2. The Morgan fingerprint density at radius 1 is 0.857 bits per heavy atom. The van der Waals surface area contributed by atoms with E-state index >= 15 is 0 Å². The second-order valence-electron chi connectivity index (χ2n) is 6.69. The molecule has 0 spiro atoms. The summed E-state index contributed by atoms with van der Waals surface area (Å²) in [5.41, 5.74) is 1.60. The summed E-state index contributed by atoms with van der Waals surface area (Å²) >= 11 is 0. The summed E-state index contributed by atoms with van der Waals surface area (Å²) in [5.74, 6) is -1.02. The number of nitrogens with one attached hydrogen (secondary N) is 3. The number of carbonyl (C=O) groups excluding carboxylic acids is 3. The molecule has 2 aromatic carbocycles. The first kappa shape index (κ1) is 21.0. The SMILES string of the molecule is CN(C)C(=O)c1ccc(NC(=O)C[NH+](C)CC(=O)Nc2ccc(F)cc2)cc1. The van der Waals surface area contributed by atoms with Crippen molar-refractivity contribution in [2.45, 2.75) is 0 Å². The van der Waals surface area contributed by atoms with E-state index in [2.05, 4.69) is 10.6 Å². The maximum absolute atomic E-state index is 12.9. The highest BCUT2D eigenvalue weighted by Crippen LogP contribution is 2.10. The van der Waals surface area contributed by atoms with E-state index in [1.165, 1.54) is 29.2 Å². The third kappa shape index (κ3) is 6.48. The number of anilines is 2. The average molecular weight is 387 g/mol. The Labute approximate surface area is 163 Å². The van der Waals surface area contributed by atoms with Crippen molar-refractivity contribution in [3.8, 4) is 0 Å². The van der Waals surface area contributed by atoms with Gasteiger partial charge in [0.15, 0.2) is 13.1 Å². The summed E-state index contributed by atoms with van der Waals surface area (Å²) < 4.78 is 12.9. The molecule has 0 bridgehead atoms. The molecule has 0 saturated heterocycles. The molecular weight excluding hydrogens is 363 g/mol. The molecule has 0 aliphatic carbocycles. The summed E-state index contributed by atoms with van der Waals surface area (Å²) in [6, 6.07) is 12.1. The van der Waals surface area contributed by atoms with Crippen molar-refractivity contribution < 1.29 is 23.7 Å². The summed E-state index contributed by atoms with van der Waals surface area (Å²) in [7, 11) is 5.06. The van der Waals surface area contributed by atoms with Crippen molar-refractivity contribution >= 4 is 29.1 Å². The van der Waals surface area contributed by atoms with Gasteiger partial charge in [0.1, 0.15) is 5.82 Å². The lowest BCUT2D eigenvalue weighted by Gasteiger charge is -2.14. The normalized spacial score (nSPS) is 11.4. The van der Waals surface area contributed by atoms with Gasteiger partial charge >= 0.3 is 0 Å². The third-order valence-electron chi connectivity index (χ3n) is 3.87. The average Bonchev–Trinajstić information content (AvgIpc) is 2.63. The molecule has 7 nitrogen and oxygen atoms in total. The van der Waals surface area contributed by atoms with Crippen LogP contribution >= 0.6 is 0 Å². The van der Waals surface area contributed by atoms with E-state index in [9.17, 15) is 18.8 Å². The van der Waals surface area contributed by atoms with Crippen LogP contribution in [0.1, 0.15) is 10.4 Å². The van der Waals surface area contributed by atoms with Gasteiger partial charge < -0.3 is 20.4 Å². The van der Waals surface area contributed by atoms with E-state index in [0.29, 0.717) is 21.8 Å². The summed E-state index contributed by atoms with van der Waals surface area (Å²) in [5, 5.41) is 5.39. The van der Waals surface area contributed by atoms with Crippen molar-refractivity contribution in [3.05, 3.63) is 59.9 Å². The van der Waals surface area contributed by atoms with Gasteiger partial charge in [0.05, 0.1) is 7.05 Å². The molecule has 0 heterocycles. The predicted molar refractivity (Wildman–Crippen MR) is 105 cm³/mol. The fourth-order valence-corrected chi connectivity index (χ4v) is 2.51. The third-order valence-corrected chi connectivity index (χ3v) is 3.87. The Kier molecular flexibility index (Phi) is 7.22. The zero-order valence-electron chi connectivity index (χ0n) is 16.1. The number of quaternary nitrogens is 1. The molecule has 0 aliphatic heterocycles. The molecule has 0 aliphatic rings. The number of hydrogen-bond acceptors (Lipinski definition) is 3. The lowest BCUT2D eigenvalue weighted by Crippen LogP contribution is -3.11. The Balaban J connectivity index is 1.81. The molecule has 0 saturated carbocycles. The van der Waals surface area contributed by atoms with Crippen LogP contribution in [-0.2, 0) is 9.59 Å². The van der Waals surface area contributed by atoms with Crippen LogP contribution in [0.15, 0.2) is 48.5 Å². The topological polar surface area (TPSA) is 83.0 Å². The van der Waals surface area contributed by atoms with Gasteiger partial charge in [-0.25, -0.2) is 4.39 Å². The van der Waals surface area contributed by atoms with Gasteiger partial charge in [0, 0.05) is 31.0 Å². The number of nitrogens with zero attached hydrogens (tertiary/aromatic N) is 1. The first-order valence-corrected chi connectivity index (χ1v) is 8.73. The van der Waals surface area contributed by atoms with Crippen LogP contribution in [0.25, 0.3) is 0 Å². The van der Waals surface area contributed by atoms with Crippen LogP contribution in [0, 0.1) is 5.82 Å². The van der Waals surface area contributed by atoms with Crippen molar-refractivity contribution in [1.82, 2.24) is 4.90 Å². The van der Waals surface area contributed by atoms with Crippen molar-refractivity contribution in [1.29, 1.82) is 0 Å². The van der Waals surface area contributed by atoms with Crippen LogP contribution in [-0.4, -0.2) is 56.9 Å². The van der Waals surface area contributed by atoms with Crippen LogP contribution in [0.5, 0.6) is 0 Å².